The van der Waals surface area contributed by atoms with Gasteiger partial charge in [-0.15, -0.1) is 11.3 Å². The highest BCUT2D eigenvalue weighted by atomic mass is 32.1. The lowest BCUT2D eigenvalue weighted by Gasteiger charge is -2.26. The van der Waals surface area contributed by atoms with Crippen molar-refractivity contribution in [2.45, 2.75) is 32.2 Å². The van der Waals surface area contributed by atoms with Gasteiger partial charge in [-0.05, 0) is 66.9 Å². The van der Waals surface area contributed by atoms with Crippen LogP contribution in [0.5, 0.6) is 0 Å². The second-order valence-corrected chi connectivity index (χ2v) is 8.63. The van der Waals surface area contributed by atoms with Crippen molar-refractivity contribution in [3.05, 3.63) is 64.8 Å². The molecule has 3 heterocycles. The first-order chi connectivity index (χ1) is 13.4. The van der Waals surface area contributed by atoms with Gasteiger partial charge in [0.15, 0.2) is 0 Å². The molecule has 1 aliphatic rings. The Balaban J connectivity index is 1.41. The fourth-order valence-electron chi connectivity index (χ4n) is 3.71. The van der Waals surface area contributed by atoms with Gasteiger partial charge in [0, 0.05) is 35.2 Å². The highest BCUT2D eigenvalue weighted by molar-refractivity contribution is 7.17. The predicted octanol–water partition coefficient (Wildman–Crippen LogP) is 3.57. The molecule has 0 radical (unpaired) electrons. The molecule has 2 amide bonds. The first-order valence-corrected chi connectivity index (χ1v) is 10.3. The van der Waals surface area contributed by atoms with Crippen LogP contribution in [0.3, 0.4) is 0 Å². The summed E-state index contributed by atoms with van der Waals surface area (Å²) in [5.74, 6) is -0.0123. The van der Waals surface area contributed by atoms with Crippen molar-refractivity contribution in [2.75, 3.05) is 13.1 Å². The topological polar surface area (TPSA) is 62.3 Å². The van der Waals surface area contributed by atoms with Gasteiger partial charge in [0.05, 0.1) is 12.0 Å². The fourth-order valence-corrected chi connectivity index (χ4v) is 4.48. The van der Waals surface area contributed by atoms with E-state index >= 15 is 0 Å². The number of thiophene rings is 1. The summed E-state index contributed by atoms with van der Waals surface area (Å²) >= 11 is 1.66. The fraction of sp³-hybridized carbons (Fsp3) is 0.318. The number of pyridine rings is 1. The molecule has 1 aliphatic heterocycles. The Hall–Kier alpha value is -2.73. The second kappa shape index (κ2) is 7.36. The molecule has 1 aromatic carbocycles. The van der Waals surface area contributed by atoms with E-state index in [1.54, 1.807) is 17.5 Å². The van der Waals surface area contributed by atoms with E-state index in [4.69, 9.17) is 0 Å². The number of hydrogen-bond donors (Lipinski definition) is 1. The van der Waals surface area contributed by atoms with Crippen LogP contribution in [0.1, 0.15) is 35.0 Å². The largest absolute Gasteiger partial charge is 0.345 e. The molecule has 1 saturated heterocycles. The van der Waals surface area contributed by atoms with Crippen molar-refractivity contribution in [3.8, 4) is 0 Å². The number of aromatic nitrogens is 1. The first-order valence-electron chi connectivity index (χ1n) is 9.42. The number of benzene rings is 1. The standard InChI is InChI=1S/C22H23N3O2S/c1-15-16(4-3-9-23-15)13-20(26)25-10-8-22(2,14-25)24-21(27)18-5-6-19-17(12-18)7-11-28-19/h3-7,9,11-12H,8,10,13-14H2,1-2H3,(H,24,27). The summed E-state index contributed by atoms with van der Waals surface area (Å²) in [6.07, 6.45) is 2.83. The maximum Gasteiger partial charge on any atom is 0.251 e. The van der Waals surface area contributed by atoms with Gasteiger partial charge in [-0.1, -0.05) is 6.07 Å². The highest BCUT2D eigenvalue weighted by Gasteiger charge is 2.37. The molecule has 28 heavy (non-hydrogen) atoms. The molecule has 0 spiro atoms. The Labute approximate surface area is 168 Å². The Morgan fingerprint density at radius 1 is 1.29 bits per heavy atom. The summed E-state index contributed by atoms with van der Waals surface area (Å²) in [5.41, 5.74) is 2.08. The average molecular weight is 394 g/mol. The van der Waals surface area contributed by atoms with Gasteiger partial charge in [0.25, 0.3) is 5.91 Å². The lowest BCUT2D eigenvalue weighted by atomic mass is 10.0. The molecule has 1 fully saturated rings. The van der Waals surface area contributed by atoms with Crippen LogP contribution in [0.2, 0.25) is 0 Å². The molecular formula is C22H23N3O2S. The zero-order valence-electron chi connectivity index (χ0n) is 16.1. The Bertz CT molecular complexity index is 1040. The van der Waals surface area contributed by atoms with E-state index in [-0.39, 0.29) is 11.8 Å². The molecule has 1 N–H and O–H groups in total. The van der Waals surface area contributed by atoms with Crippen molar-refractivity contribution in [1.29, 1.82) is 0 Å². The number of nitrogens with one attached hydrogen (secondary N) is 1. The quantitative estimate of drug-likeness (QED) is 0.737. The number of carbonyl (C=O) groups is 2. The first kappa shape index (κ1) is 18.6. The van der Waals surface area contributed by atoms with Crippen LogP contribution in [0.25, 0.3) is 10.1 Å². The van der Waals surface area contributed by atoms with Crippen molar-refractivity contribution < 1.29 is 9.59 Å². The molecule has 0 saturated carbocycles. The van der Waals surface area contributed by atoms with Gasteiger partial charge in [0.2, 0.25) is 5.91 Å². The third-order valence-corrected chi connectivity index (χ3v) is 6.31. The molecule has 3 aromatic rings. The smallest absolute Gasteiger partial charge is 0.251 e. The molecule has 2 aromatic heterocycles. The molecule has 6 heteroatoms. The van der Waals surface area contributed by atoms with E-state index in [9.17, 15) is 9.59 Å². The Morgan fingerprint density at radius 3 is 2.96 bits per heavy atom. The molecular weight excluding hydrogens is 370 g/mol. The lowest BCUT2D eigenvalue weighted by Crippen LogP contribution is -2.48. The minimum Gasteiger partial charge on any atom is -0.345 e. The number of rotatable bonds is 4. The number of amides is 2. The van der Waals surface area contributed by atoms with Gasteiger partial charge >= 0.3 is 0 Å². The van der Waals surface area contributed by atoms with Gasteiger partial charge in [-0.3, -0.25) is 14.6 Å². The van der Waals surface area contributed by atoms with Gasteiger partial charge in [0.1, 0.15) is 0 Å². The predicted molar refractivity (Wildman–Crippen MR) is 112 cm³/mol. The molecule has 144 valence electrons. The highest BCUT2D eigenvalue weighted by Crippen LogP contribution is 2.25. The van der Waals surface area contributed by atoms with Crippen LogP contribution in [0.15, 0.2) is 48.0 Å². The Kier molecular flexibility index (Phi) is 4.89. The van der Waals surface area contributed by atoms with E-state index in [0.29, 0.717) is 25.1 Å². The SMILES string of the molecule is Cc1ncccc1CC(=O)N1CCC(C)(NC(=O)c2ccc3sccc3c2)C1. The van der Waals surface area contributed by atoms with Crippen LogP contribution < -0.4 is 5.32 Å². The molecule has 5 nitrogen and oxygen atoms in total. The van der Waals surface area contributed by atoms with Gasteiger partial charge < -0.3 is 10.2 Å². The zero-order valence-corrected chi connectivity index (χ0v) is 16.9. The number of nitrogens with zero attached hydrogens (tertiary/aromatic N) is 2. The summed E-state index contributed by atoms with van der Waals surface area (Å²) in [4.78, 5) is 31.6. The van der Waals surface area contributed by atoms with E-state index < -0.39 is 5.54 Å². The molecule has 1 unspecified atom stereocenters. The second-order valence-electron chi connectivity index (χ2n) is 7.68. The molecule has 1 atom stereocenters. The average Bonchev–Trinajstić information content (AvgIpc) is 3.29. The third kappa shape index (κ3) is 3.78. The van der Waals surface area contributed by atoms with Crippen molar-refractivity contribution >= 4 is 33.2 Å². The number of likely N-dealkylation sites (tertiary alicyclic amines) is 1. The molecule has 0 bridgehead atoms. The van der Waals surface area contributed by atoms with Crippen molar-refractivity contribution in [1.82, 2.24) is 15.2 Å². The van der Waals surface area contributed by atoms with E-state index in [1.807, 2.05) is 60.5 Å². The summed E-state index contributed by atoms with van der Waals surface area (Å²) in [7, 11) is 0. The number of aryl methyl sites for hydroxylation is 1. The number of hydrogen-bond acceptors (Lipinski definition) is 4. The lowest BCUT2D eigenvalue weighted by molar-refractivity contribution is -0.129. The van der Waals surface area contributed by atoms with Crippen molar-refractivity contribution in [3.63, 3.8) is 0 Å². The zero-order chi connectivity index (χ0) is 19.7. The van der Waals surface area contributed by atoms with Crippen LogP contribution in [-0.2, 0) is 11.2 Å². The maximum absolute atomic E-state index is 12.8. The molecule has 0 aliphatic carbocycles. The summed E-state index contributed by atoms with van der Waals surface area (Å²) in [5, 5.41) is 6.25. The van der Waals surface area contributed by atoms with Crippen LogP contribution in [0, 0.1) is 6.92 Å². The van der Waals surface area contributed by atoms with Gasteiger partial charge in [-0.25, -0.2) is 0 Å². The normalized spacial score (nSPS) is 19.1. The van der Waals surface area contributed by atoms with Gasteiger partial charge in [-0.2, -0.15) is 0 Å². The van der Waals surface area contributed by atoms with Crippen LogP contribution in [0.4, 0.5) is 0 Å². The summed E-state index contributed by atoms with van der Waals surface area (Å²) < 4.78 is 1.17. The Morgan fingerprint density at radius 2 is 2.14 bits per heavy atom. The van der Waals surface area contributed by atoms with E-state index in [2.05, 4.69) is 10.3 Å². The van der Waals surface area contributed by atoms with Crippen molar-refractivity contribution in [2.24, 2.45) is 0 Å². The summed E-state index contributed by atoms with van der Waals surface area (Å²) in [6.45, 7) is 5.11. The number of carbonyl (C=O) groups excluding carboxylic acids is 2. The number of fused-ring (bicyclic) bond motifs is 1. The monoisotopic (exact) mass is 393 g/mol. The summed E-state index contributed by atoms with van der Waals surface area (Å²) in [6, 6.07) is 11.6. The van der Waals surface area contributed by atoms with E-state index in [1.165, 1.54) is 4.70 Å². The van der Waals surface area contributed by atoms with E-state index in [0.717, 1.165) is 23.1 Å². The third-order valence-electron chi connectivity index (χ3n) is 5.41. The van der Waals surface area contributed by atoms with Crippen LogP contribution in [-0.4, -0.2) is 40.3 Å². The molecule has 4 rings (SSSR count). The minimum absolute atomic E-state index is 0.0776. The maximum atomic E-state index is 12.8. The minimum atomic E-state index is -0.416. The van der Waals surface area contributed by atoms with Crippen LogP contribution >= 0.6 is 11.3 Å².